The number of nitrogens with one attached hydrogen (secondary N) is 2. The van der Waals surface area contributed by atoms with Crippen molar-refractivity contribution >= 4 is 5.96 Å². The summed E-state index contributed by atoms with van der Waals surface area (Å²) in [7, 11) is 0. The molecular weight excluding hydrogens is 359 g/mol. The second-order valence-electron chi connectivity index (χ2n) is 6.88. The fourth-order valence-electron chi connectivity index (χ4n) is 2.78. The monoisotopic (exact) mass is 387 g/mol. The first-order valence-corrected chi connectivity index (χ1v) is 9.18. The molecule has 8 heteroatoms. The summed E-state index contributed by atoms with van der Waals surface area (Å²) in [5.41, 5.74) is 1.51. The average molecular weight is 387 g/mol. The predicted molar refractivity (Wildman–Crippen MR) is 98.6 cm³/mol. The lowest BCUT2D eigenvalue weighted by molar-refractivity contribution is -0.176. The molecule has 0 radical (unpaired) electrons. The van der Waals surface area contributed by atoms with E-state index < -0.39 is 12.8 Å². The van der Waals surface area contributed by atoms with E-state index in [0.717, 1.165) is 31.6 Å². The van der Waals surface area contributed by atoms with E-state index in [1.54, 1.807) is 12.1 Å². The number of hydrogen-bond donors (Lipinski definition) is 2. The summed E-state index contributed by atoms with van der Waals surface area (Å²) in [6.45, 7) is 5.50. The normalized spacial score (nSPS) is 20.7. The summed E-state index contributed by atoms with van der Waals surface area (Å²) < 4.78 is 46.7. The number of rotatable bonds is 8. The molecule has 1 saturated heterocycles. The van der Waals surface area contributed by atoms with E-state index in [1.807, 2.05) is 19.1 Å². The molecule has 1 heterocycles. The van der Waals surface area contributed by atoms with Gasteiger partial charge in [0.2, 0.25) is 0 Å². The van der Waals surface area contributed by atoms with Gasteiger partial charge >= 0.3 is 6.18 Å². The largest absolute Gasteiger partial charge is 0.411 e. The minimum absolute atomic E-state index is 0.0637. The first kappa shape index (κ1) is 21.5. The van der Waals surface area contributed by atoms with Crippen LogP contribution in [0.4, 0.5) is 13.2 Å². The van der Waals surface area contributed by atoms with Crippen LogP contribution in [0.1, 0.15) is 37.8 Å². The Balaban J connectivity index is 1.83. The van der Waals surface area contributed by atoms with Gasteiger partial charge < -0.3 is 20.1 Å². The van der Waals surface area contributed by atoms with E-state index in [9.17, 15) is 13.2 Å². The molecule has 2 rings (SSSR count). The Hall–Kier alpha value is -1.80. The standard InChI is InChI=1S/C19H28F3N3O2/c1-3-23-17(25-13-18(2)9-4-10-27-18)24-11-15-5-7-16(8-6-15)12-26-14-19(20,21)22/h5-8H,3-4,9-14H2,1-2H3,(H2,23,24,25). The van der Waals surface area contributed by atoms with Crippen molar-refractivity contribution in [2.45, 2.75) is 51.6 Å². The third-order valence-corrected chi connectivity index (χ3v) is 4.25. The zero-order valence-electron chi connectivity index (χ0n) is 15.9. The van der Waals surface area contributed by atoms with E-state index in [1.165, 1.54) is 0 Å². The number of nitrogens with zero attached hydrogens (tertiary/aromatic N) is 1. The van der Waals surface area contributed by atoms with Gasteiger partial charge in [-0.2, -0.15) is 13.2 Å². The average Bonchev–Trinajstić information content (AvgIpc) is 3.04. The summed E-state index contributed by atoms with van der Waals surface area (Å²) in [5.74, 6) is 0.715. The Morgan fingerprint density at radius 2 is 1.93 bits per heavy atom. The molecule has 2 N–H and O–H groups in total. The topological polar surface area (TPSA) is 54.9 Å². The molecular formula is C19H28F3N3O2. The maximum absolute atomic E-state index is 12.1. The van der Waals surface area contributed by atoms with Crippen molar-refractivity contribution in [2.75, 3.05) is 26.3 Å². The summed E-state index contributed by atoms with van der Waals surface area (Å²) in [5, 5.41) is 6.52. The molecule has 0 aliphatic carbocycles. The maximum atomic E-state index is 12.1. The highest BCUT2D eigenvalue weighted by atomic mass is 19.4. The smallest absolute Gasteiger partial charge is 0.373 e. The zero-order chi connectivity index (χ0) is 19.8. The van der Waals surface area contributed by atoms with Crippen LogP contribution in [0.3, 0.4) is 0 Å². The number of aliphatic imine (C=N–C) groups is 1. The second-order valence-corrected chi connectivity index (χ2v) is 6.88. The summed E-state index contributed by atoms with van der Waals surface area (Å²) in [6.07, 6.45) is -2.20. The summed E-state index contributed by atoms with van der Waals surface area (Å²) >= 11 is 0. The minimum Gasteiger partial charge on any atom is -0.373 e. The molecule has 5 nitrogen and oxygen atoms in total. The van der Waals surface area contributed by atoms with Gasteiger partial charge in [-0.1, -0.05) is 24.3 Å². The van der Waals surface area contributed by atoms with Crippen LogP contribution in [0.15, 0.2) is 29.3 Å². The van der Waals surface area contributed by atoms with Gasteiger partial charge in [0.1, 0.15) is 6.61 Å². The molecule has 0 saturated carbocycles. The number of hydrogen-bond acceptors (Lipinski definition) is 3. The SMILES string of the molecule is CCNC(=NCc1ccc(COCC(F)(F)F)cc1)NCC1(C)CCCO1. The van der Waals surface area contributed by atoms with Crippen LogP contribution in [0, 0.1) is 0 Å². The first-order valence-electron chi connectivity index (χ1n) is 9.18. The second kappa shape index (κ2) is 9.94. The molecule has 1 aliphatic rings. The molecule has 152 valence electrons. The van der Waals surface area contributed by atoms with E-state index in [-0.39, 0.29) is 12.2 Å². The highest BCUT2D eigenvalue weighted by molar-refractivity contribution is 5.79. The van der Waals surface area contributed by atoms with Crippen molar-refractivity contribution in [1.82, 2.24) is 10.6 Å². The molecule has 1 aromatic carbocycles. The Bertz CT molecular complexity index is 597. The van der Waals surface area contributed by atoms with Crippen LogP contribution in [0.5, 0.6) is 0 Å². The lowest BCUT2D eigenvalue weighted by Gasteiger charge is -2.24. The van der Waals surface area contributed by atoms with Crippen LogP contribution >= 0.6 is 0 Å². The van der Waals surface area contributed by atoms with Crippen LogP contribution in [-0.2, 0) is 22.6 Å². The van der Waals surface area contributed by atoms with Crippen molar-refractivity contribution in [3.8, 4) is 0 Å². The molecule has 1 aromatic rings. The van der Waals surface area contributed by atoms with Crippen molar-refractivity contribution in [1.29, 1.82) is 0 Å². The molecule has 0 amide bonds. The Kier molecular flexibility index (Phi) is 7.91. The number of halogens is 3. The first-order chi connectivity index (χ1) is 12.8. The highest BCUT2D eigenvalue weighted by Crippen LogP contribution is 2.23. The van der Waals surface area contributed by atoms with E-state index in [2.05, 4.69) is 27.3 Å². The van der Waals surface area contributed by atoms with Crippen molar-refractivity contribution < 1.29 is 22.6 Å². The van der Waals surface area contributed by atoms with Crippen molar-refractivity contribution in [2.24, 2.45) is 4.99 Å². The van der Waals surface area contributed by atoms with Gasteiger partial charge in [-0.3, -0.25) is 0 Å². The molecule has 1 fully saturated rings. The molecule has 1 unspecified atom stereocenters. The minimum atomic E-state index is -4.30. The molecule has 0 spiro atoms. The quantitative estimate of drug-likeness (QED) is 0.530. The van der Waals surface area contributed by atoms with Gasteiger partial charge in [0.05, 0.1) is 18.8 Å². The summed E-state index contributed by atoms with van der Waals surface area (Å²) in [4.78, 5) is 4.56. The van der Waals surface area contributed by atoms with Crippen LogP contribution in [0.2, 0.25) is 0 Å². The van der Waals surface area contributed by atoms with E-state index in [4.69, 9.17) is 4.74 Å². The van der Waals surface area contributed by atoms with Crippen LogP contribution < -0.4 is 10.6 Å². The molecule has 1 atom stereocenters. The van der Waals surface area contributed by atoms with Gasteiger partial charge in [-0.05, 0) is 37.8 Å². The van der Waals surface area contributed by atoms with Gasteiger partial charge in [0.15, 0.2) is 5.96 Å². The third kappa shape index (κ3) is 8.17. The van der Waals surface area contributed by atoms with E-state index in [0.29, 0.717) is 24.6 Å². The maximum Gasteiger partial charge on any atom is 0.411 e. The van der Waals surface area contributed by atoms with Crippen LogP contribution in [-0.4, -0.2) is 44.0 Å². The Morgan fingerprint density at radius 1 is 1.22 bits per heavy atom. The number of alkyl halides is 3. The van der Waals surface area contributed by atoms with Gasteiger partial charge in [-0.25, -0.2) is 4.99 Å². The van der Waals surface area contributed by atoms with Gasteiger partial charge in [0.25, 0.3) is 0 Å². The zero-order valence-corrected chi connectivity index (χ0v) is 15.9. The molecule has 0 aromatic heterocycles. The number of benzene rings is 1. The highest BCUT2D eigenvalue weighted by Gasteiger charge is 2.29. The fourth-order valence-corrected chi connectivity index (χ4v) is 2.78. The van der Waals surface area contributed by atoms with Crippen molar-refractivity contribution in [3.63, 3.8) is 0 Å². The predicted octanol–water partition coefficient (Wildman–Crippen LogP) is 3.39. The van der Waals surface area contributed by atoms with E-state index >= 15 is 0 Å². The lowest BCUT2D eigenvalue weighted by Crippen LogP contribution is -2.45. The molecule has 0 bridgehead atoms. The van der Waals surface area contributed by atoms with Gasteiger partial charge in [0, 0.05) is 19.7 Å². The number of guanidine groups is 1. The molecule has 1 aliphatic heterocycles. The molecule has 27 heavy (non-hydrogen) atoms. The summed E-state index contributed by atoms with van der Waals surface area (Å²) in [6, 6.07) is 7.21. The number of ether oxygens (including phenoxy) is 2. The lowest BCUT2D eigenvalue weighted by atomic mass is 10.0. The Morgan fingerprint density at radius 3 is 2.52 bits per heavy atom. The van der Waals surface area contributed by atoms with Gasteiger partial charge in [-0.15, -0.1) is 0 Å². The third-order valence-electron chi connectivity index (χ3n) is 4.25. The fraction of sp³-hybridized carbons (Fsp3) is 0.632. The van der Waals surface area contributed by atoms with Crippen LogP contribution in [0.25, 0.3) is 0 Å². The Labute approximate surface area is 158 Å². The van der Waals surface area contributed by atoms with Crippen molar-refractivity contribution in [3.05, 3.63) is 35.4 Å².